The fraction of sp³-hybridized carbons (Fsp3) is 0.300. The van der Waals surface area contributed by atoms with Crippen molar-refractivity contribution in [2.24, 2.45) is 0 Å². The third-order valence-corrected chi connectivity index (χ3v) is 2.57. The van der Waals surface area contributed by atoms with Crippen LogP contribution in [0.4, 0.5) is 0 Å². The average molecular weight is 229 g/mol. The molecule has 84 valence electrons. The molecule has 0 spiro atoms. The van der Waals surface area contributed by atoms with Gasteiger partial charge in [0, 0.05) is 12.4 Å². The number of rotatable bonds is 4. The van der Waals surface area contributed by atoms with Crippen molar-refractivity contribution in [3.8, 4) is 0 Å². The van der Waals surface area contributed by atoms with Crippen molar-refractivity contribution < 1.29 is 12.6 Å². The molecular weight excluding hydrogens is 214 g/mol. The summed E-state index contributed by atoms with van der Waals surface area (Å²) in [5, 5.41) is 0. The molecule has 1 aromatic heterocycles. The number of hydrogen-bond acceptors (Lipinski definition) is 4. The van der Waals surface area contributed by atoms with Gasteiger partial charge < -0.3 is 4.18 Å². The van der Waals surface area contributed by atoms with Crippen LogP contribution in [0.25, 0.3) is 0 Å². The largest absolute Gasteiger partial charge is 0.391 e. The Labute approximate surface area is 90.7 Å². The second-order valence-electron chi connectivity index (χ2n) is 2.55. The fourth-order valence-electron chi connectivity index (χ4n) is 0.714. The van der Waals surface area contributed by atoms with Crippen LogP contribution >= 0.6 is 0 Å². The van der Waals surface area contributed by atoms with E-state index in [1.807, 2.05) is 18.2 Å². The van der Waals surface area contributed by atoms with Crippen LogP contribution in [0.1, 0.15) is 13.3 Å². The Morgan fingerprint density at radius 1 is 1.33 bits per heavy atom. The molecule has 0 fully saturated rings. The van der Waals surface area contributed by atoms with Gasteiger partial charge in [-0.1, -0.05) is 19.6 Å². The van der Waals surface area contributed by atoms with E-state index in [2.05, 4.69) is 15.7 Å². The quantitative estimate of drug-likeness (QED) is 0.585. The number of aromatic nitrogens is 1. The zero-order valence-electron chi connectivity index (χ0n) is 8.67. The summed E-state index contributed by atoms with van der Waals surface area (Å²) in [7, 11) is -3.30. The van der Waals surface area contributed by atoms with Gasteiger partial charge in [0.1, 0.15) is 0 Å². The number of nitrogens with zero attached hydrogens (tertiary/aromatic N) is 1. The first-order valence-electron chi connectivity index (χ1n) is 4.49. The maximum Gasteiger partial charge on any atom is 0.308 e. The van der Waals surface area contributed by atoms with E-state index >= 15 is 0 Å². The molecule has 0 aliphatic rings. The molecule has 0 aliphatic heterocycles. The molecule has 0 aromatic carbocycles. The van der Waals surface area contributed by atoms with Gasteiger partial charge in [-0.05, 0) is 18.6 Å². The lowest BCUT2D eigenvalue weighted by Crippen LogP contribution is -2.05. The topological polar surface area (TPSA) is 56.3 Å². The first-order valence-corrected chi connectivity index (χ1v) is 6.07. The van der Waals surface area contributed by atoms with Gasteiger partial charge in [-0.25, -0.2) is 0 Å². The second-order valence-corrected chi connectivity index (χ2v) is 4.27. The maximum absolute atomic E-state index is 10.5. The summed E-state index contributed by atoms with van der Waals surface area (Å²) in [6.45, 7) is 4.89. The van der Waals surface area contributed by atoms with Gasteiger partial charge in [0.25, 0.3) is 0 Å². The normalized spacial score (nSPS) is 9.67. The summed E-state index contributed by atoms with van der Waals surface area (Å²) in [4.78, 5) is 3.78. The summed E-state index contributed by atoms with van der Waals surface area (Å²) in [5.74, 6) is 0.0546. The van der Waals surface area contributed by atoms with Crippen molar-refractivity contribution in [3.05, 3.63) is 43.4 Å². The lowest BCUT2D eigenvalue weighted by atomic mass is 10.5. The molecule has 0 saturated heterocycles. The van der Waals surface area contributed by atoms with Crippen LogP contribution in [-0.2, 0) is 14.3 Å². The van der Waals surface area contributed by atoms with Crippen molar-refractivity contribution in [1.29, 1.82) is 0 Å². The van der Waals surface area contributed by atoms with E-state index in [9.17, 15) is 8.42 Å². The van der Waals surface area contributed by atoms with Gasteiger partial charge in [0.05, 0.1) is 12.0 Å². The zero-order chi connectivity index (χ0) is 11.6. The van der Waals surface area contributed by atoms with Crippen molar-refractivity contribution in [1.82, 2.24) is 4.98 Å². The molecule has 1 rings (SSSR count). The SMILES string of the molecule is C=COS(=O)(=O)CCC.c1ccncc1. The summed E-state index contributed by atoms with van der Waals surface area (Å²) < 4.78 is 25.3. The Balaban J connectivity index is 0.000000280. The van der Waals surface area contributed by atoms with Crippen LogP contribution in [-0.4, -0.2) is 19.2 Å². The third-order valence-electron chi connectivity index (χ3n) is 1.24. The van der Waals surface area contributed by atoms with Crippen LogP contribution in [0.5, 0.6) is 0 Å². The predicted molar refractivity (Wildman–Crippen MR) is 59.6 cm³/mol. The monoisotopic (exact) mass is 229 g/mol. The van der Waals surface area contributed by atoms with E-state index < -0.39 is 10.1 Å². The van der Waals surface area contributed by atoms with Crippen LogP contribution < -0.4 is 0 Å². The minimum atomic E-state index is -3.30. The summed E-state index contributed by atoms with van der Waals surface area (Å²) >= 11 is 0. The number of pyridine rings is 1. The highest BCUT2D eigenvalue weighted by molar-refractivity contribution is 7.86. The molecule has 0 bridgehead atoms. The molecule has 4 nitrogen and oxygen atoms in total. The molecule has 0 amide bonds. The minimum Gasteiger partial charge on any atom is -0.391 e. The Bertz CT molecular complexity index is 321. The van der Waals surface area contributed by atoms with Crippen LogP contribution in [0.2, 0.25) is 0 Å². The average Bonchev–Trinajstić information content (AvgIpc) is 2.21. The van der Waals surface area contributed by atoms with E-state index in [-0.39, 0.29) is 5.75 Å². The Hall–Kier alpha value is -1.36. The Morgan fingerprint density at radius 3 is 2.20 bits per heavy atom. The molecular formula is C10H15NO3S. The standard InChI is InChI=1S/C5H5N.C5H10O3S/c1-2-4-6-5-3-1;1-3-5-9(6,7)8-4-2/h1-5H;4H,2-3,5H2,1H3. The maximum atomic E-state index is 10.5. The summed E-state index contributed by atoms with van der Waals surface area (Å²) in [5.41, 5.74) is 0. The van der Waals surface area contributed by atoms with Gasteiger partial charge in [-0.15, -0.1) is 0 Å². The lowest BCUT2D eigenvalue weighted by molar-refractivity contribution is 0.444. The highest BCUT2D eigenvalue weighted by Gasteiger charge is 2.05. The van der Waals surface area contributed by atoms with E-state index in [4.69, 9.17) is 0 Å². The molecule has 0 unspecified atom stereocenters. The molecule has 1 heterocycles. The van der Waals surface area contributed by atoms with Gasteiger partial charge in [-0.3, -0.25) is 4.98 Å². The van der Waals surface area contributed by atoms with E-state index in [1.54, 1.807) is 19.3 Å². The predicted octanol–water partition coefficient (Wildman–Crippen LogP) is 1.97. The van der Waals surface area contributed by atoms with Gasteiger partial charge >= 0.3 is 10.1 Å². The highest BCUT2D eigenvalue weighted by Crippen LogP contribution is 1.94. The summed E-state index contributed by atoms with van der Waals surface area (Å²) in [6.07, 6.45) is 4.99. The van der Waals surface area contributed by atoms with Crippen LogP contribution in [0, 0.1) is 0 Å². The Morgan fingerprint density at radius 2 is 1.93 bits per heavy atom. The van der Waals surface area contributed by atoms with Crippen molar-refractivity contribution in [2.75, 3.05) is 5.75 Å². The van der Waals surface area contributed by atoms with Gasteiger partial charge in [-0.2, -0.15) is 8.42 Å². The Kier molecular flexibility index (Phi) is 7.27. The van der Waals surface area contributed by atoms with Crippen molar-refractivity contribution >= 4 is 10.1 Å². The van der Waals surface area contributed by atoms with E-state index in [0.29, 0.717) is 6.42 Å². The molecule has 1 aromatic rings. The van der Waals surface area contributed by atoms with Gasteiger partial charge in [0.15, 0.2) is 0 Å². The van der Waals surface area contributed by atoms with E-state index in [1.165, 1.54) is 0 Å². The third kappa shape index (κ3) is 8.96. The first-order chi connectivity index (χ1) is 7.12. The van der Waals surface area contributed by atoms with E-state index in [0.717, 1.165) is 6.26 Å². The zero-order valence-corrected chi connectivity index (χ0v) is 9.48. The van der Waals surface area contributed by atoms with Crippen LogP contribution in [0.15, 0.2) is 43.4 Å². The first kappa shape index (κ1) is 13.6. The number of hydrogen-bond donors (Lipinski definition) is 0. The minimum absolute atomic E-state index is 0.0546. The molecule has 0 atom stereocenters. The highest BCUT2D eigenvalue weighted by atomic mass is 32.2. The van der Waals surface area contributed by atoms with Gasteiger partial charge in [0.2, 0.25) is 0 Å². The van der Waals surface area contributed by atoms with Crippen molar-refractivity contribution in [2.45, 2.75) is 13.3 Å². The smallest absolute Gasteiger partial charge is 0.308 e. The van der Waals surface area contributed by atoms with Crippen LogP contribution in [0.3, 0.4) is 0 Å². The summed E-state index contributed by atoms with van der Waals surface area (Å²) in [6, 6.07) is 5.72. The molecule has 0 saturated carbocycles. The molecule has 0 aliphatic carbocycles. The lowest BCUT2D eigenvalue weighted by Gasteiger charge is -1.97. The fourth-order valence-corrected chi connectivity index (χ4v) is 1.52. The van der Waals surface area contributed by atoms with Crippen molar-refractivity contribution in [3.63, 3.8) is 0 Å². The second kappa shape index (κ2) is 7.99. The molecule has 0 N–H and O–H groups in total. The molecule has 0 radical (unpaired) electrons. The molecule has 15 heavy (non-hydrogen) atoms. The molecule has 5 heteroatoms.